The van der Waals surface area contributed by atoms with Crippen molar-refractivity contribution in [3.8, 4) is 0 Å². The summed E-state index contributed by atoms with van der Waals surface area (Å²) in [5.41, 5.74) is 0. The molecular formula is C14H31BNS. The van der Waals surface area contributed by atoms with Crippen molar-refractivity contribution in [1.82, 2.24) is 4.90 Å². The molecule has 1 saturated heterocycles. The molecule has 1 heterocycles. The van der Waals surface area contributed by atoms with Crippen LogP contribution in [0.1, 0.15) is 67.7 Å². The van der Waals surface area contributed by atoms with E-state index in [-0.39, 0.29) is 8.41 Å². The highest BCUT2D eigenvalue weighted by Crippen LogP contribution is 2.14. The van der Waals surface area contributed by atoms with Gasteiger partial charge in [-0.15, -0.1) is 0 Å². The van der Waals surface area contributed by atoms with Gasteiger partial charge in [0.25, 0.3) is 0 Å². The number of likely N-dealkylation sites (tertiary alicyclic amines) is 1. The Morgan fingerprint density at radius 1 is 1.00 bits per heavy atom. The van der Waals surface area contributed by atoms with Crippen LogP contribution < -0.4 is 0 Å². The van der Waals surface area contributed by atoms with Crippen LogP contribution >= 0.6 is 12.2 Å². The Morgan fingerprint density at radius 3 is 1.65 bits per heavy atom. The van der Waals surface area contributed by atoms with E-state index in [9.17, 15) is 0 Å². The quantitative estimate of drug-likeness (QED) is 0.501. The minimum absolute atomic E-state index is 0. The predicted molar refractivity (Wildman–Crippen MR) is 85.9 cm³/mol. The molecule has 0 bridgehead atoms. The number of nitrogens with zero attached hydrogens (tertiary/aromatic N) is 1. The summed E-state index contributed by atoms with van der Waals surface area (Å²) in [7, 11) is 0. The molecule has 17 heavy (non-hydrogen) atoms. The van der Waals surface area contributed by atoms with Gasteiger partial charge in [-0.05, 0) is 39.0 Å². The van der Waals surface area contributed by atoms with Crippen molar-refractivity contribution in [1.29, 1.82) is 0 Å². The average molecular weight is 256 g/mol. The van der Waals surface area contributed by atoms with E-state index in [0.29, 0.717) is 6.04 Å². The molecule has 0 spiro atoms. The molecule has 0 aromatic carbocycles. The van der Waals surface area contributed by atoms with Gasteiger partial charge in [0.15, 0.2) is 0 Å². The third kappa shape index (κ3) is 13.9. The molecule has 101 valence electrons. The number of piperidine rings is 1. The molecule has 1 aliphatic rings. The first-order valence-corrected chi connectivity index (χ1v) is 7.15. The van der Waals surface area contributed by atoms with Crippen LogP contribution in [0.2, 0.25) is 0 Å². The molecule has 0 aromatic rings. The Bertz CT molecular complexity index is 167. The van der Waals surface area contributed by atoms with Crippen molar-refractivity contribution >= 4 is 25.6 Å². The Morgan fingerprint density at radius 2 is 1.41 bits per heavy atom. The largest absolute Gasteiger partial charge is 0.364 e. The molecule has 1 nitrogen and oxygen atoms in total. The Hall–Kier alpha value is -0.0451. The SMILES string of the molecule is CC.CC(C)C.CC(C)N1CCCCC1=S.[B]. The fraction of sp³-hybridized carbons (Fsp3) is 0.929. The van der Waals surface area contributed by atoms with Gasteiger partial charge in [-0.1, -0.05) is 46.8 Å². The summed E-state index contributed by atoms with van der Waals surface area (Å²) in [6.07, 6.45) is 3.74. The number of rotatable bonds is 1. The summed E-state index contributed by atoms with van der Waals surface area (Å²) in [6.45, 7) is 16.1. The maximum atomic E-state index is 5.23. The van der Waals surface area contributed by atoms with Crippen molar-refractivity contribution in [2.24, 2.45) is 5.92 Å². The fourth-order valence-corrected chi connectivity index (χ4v) is 1.82. The monoisotopic (exact) mass is 256 g/mol. The maximum Gasteiger partial charge on any atom is 0.0781 e. The molecule has 0 aromatic heterocycles. The first-order chi connectivity index (χ1) is 7.45. The maximum absolute atomic E-state index is 5.23. The van der Waals surface area contributed by atoms with Crippen LogP contribution in [0, 0.1) is 5.92 Å². The first-order valence-electron chi connectivity index (χ1n) is 6.74. The molecule has 1 rings (SSSR count). The van der Waals surface area contributed by atoms with Crippen molar-refractivity contribution in [3.05, 3.63) is 0 Å². The smallest absolute Gasteiger partial charge is 0.0781 e. The topological polar surface area (TPSA) is 3.24 Å². The zero-order valence-electron chi connectivity index (χ0n) is 12.9. The summed E-state index contributed by atoms with van der Waals surface area (Å²) in [5.74, 6) is 0.833. The van der Waals surface area contributed by atoms with Crippen LogP contribution in [0.4, 0.5) is 0 Å². The molecule has 0 N–H and O–H groups in total. The van der Waals surface area contributed by atoms with Crippen molar-refractivity contribution in [2.75, 3.05) is 6.54 Å². The van der Waals surface area contributed by atoms with Crippen LogP contribution in [0.15, 0.2) is 0 Å². The highest BCUT2D eigenvalue weighted by molar-refractivity contribution is 7.80. The zero-order chi connectivity index (χ0) is 13.1. The van der Waals surface area contributed by atoms with E-state index < -0.39 is 0 Å². The summed E-state index contributed by atoms with van der Waals surface area (Å²) >= 11 is 5.23. The Labute approximate surface area is 117 Å². The van der Waals surface area contributed by atoms with Crippen molar-refractivity contribution in [3.63, 3.8) is 0 Å². The van der Waals surface area contributed by atoms with E-state index in [1.165, 1.54) is 24.4 Å². The van der Waals surface area contributed by atoms with Crippen LogP contribution in [0.3, 0.4) is 0 Å². The summed E-state index contributed by atoms with van der Waals surface area (Å²) in [4.78, 5) is 3.50. The second-order valence-corrected chi connectivity index (χ2v) is 5.34. The van der Waals surface area contributed by atoms with E-state index >= 15 is 0 Å². The third-order valence-electron chi connectivity index (χ3n) is 1.98. The van der Waals surface area contributed by atoms with Crippen molar-refractivity contribution < 1.29 is 0 Å². The van der Waals surface area contributed by atoms with Gasteiger partial charge in [0.1, 0.15) is 0 Å². The number of hydrogen-bond acceptors (Lipinski definition) is 1. The molecular weight excluding hydrogens is 225 g/mol. The summed E-state index contributed by atoms with van der Waals surface area (Å²) < 4.78 is 0. The van der Waals surface area contributed by atoms with Crippen molar-refractivity contribution in [2.45, 2.75) is 73.8 Å². The van der Waals surface area contributed by atoms with Crippen LogP contribution in [-0.2, 0) is 0 Å². The van der Waals surface area contributed by atoms with E-state index in [1.54, 1.807) is 0 Å². The van der Waals surface area contributed by atoms with Gasteiger partial charge in [-0.25, -0.2) is 0 Å². The van der Waals surface area contributed by atoms with Crippen LogP contribution in [-0.4, -0.2) is 30.9 Å². The van der Waals surface area contributed by atoms with E-state index in [4.69, 9.17) is 12.2 Å². The molecule has 3 heteroatoms. The molecule has 1 aliphatic heterocycles. The predicted octanol–water partition coefficient (Wildman–Crippen LogP) is 4.52. The van der Waals surface area contributed by atoms with Gasteiger partial charge in [-0.3, -0.25) is 0 Å². The van der Waals surface area contributed by atoms with Gasteiger partial charge in [0.2, 0.25) is 0 Å². The lowest BCUT2D eigenvalue weighted by Gasteiger charge is -2.32. The van der Waals surface area contributed by atoms with Crippen LogP contribution in [0.5, 0.6) is 0 Å². The second-order valence-electron chi connectivity index (χ2n) is 4.87. The Balaban J connectivity index is -0.000000242. The first kappa shape index (κ1) is 22.2. The standard InChI is InChI=1S/C8H15NS.C4H10.C2H6.B/c1-7(2)9-6-4-3-5-8(9)10;1-4(2)3;1-2;/h7H,3-6H2,1-2H3;4H,1-3H3;1-2H3;. The molecule has 1 fully saturated rings. The van der Waals surface area contributed by atoms with Gasteiger partial charge in [-0.2, -0.15) is 0 Å². The van der Waals surface area contributed by atoms with E-state index in [2.05, 4.69) is 39.5 Å². The molecule has 0 aliphatic carbocycles. The lowest BCUT2D eigenvalue weighted by atomic mass is 10.1. The Kier molecular flexibility index (Phi) is 18.3. The van der Waals surface area contributed by atoms with E-state index in [0.717, 1.165) is 12.3 Å². The molecule has 0 unspecified atom stereocenters. The third-order valence-corrected chi connectivity index (χ3v) is 2.42. The number of hydrogen-bond donors (Lipinski definition) is 0. The molecule has 0 amide bonds. The van der Waals surface area contributed by atoms with Gasteiger partial charge >= 0.3 is 0 Å². The van der Waals surface area contributed by atoms with Crippen LogP contribution in [0.25, 0.3) is 0 Å². The van der Waals surface area contributed by atoms with Gasteiger partial charge in [0.05, 0.1) is 4.99 Å². The van der Waals surface area contributed by atoms with E-state index in [1.807, 2.05) is 13.8 Å². The zero-order valence-corrected chi connectivity index (χ0v) is 13.7. The van der Waals surface area contributed by atoms with Gasteiger partial charge in [0, 0.05) is 21.0 Å². The molecule has 0 saturated carbocycles. The minimum Gasteiger partial charge on any atom is -0.364 e. The highest BCUT2D eigenvalue weighted by atomic mass is 32.1. The average Bonchev–Trinajstić information content (AvgIpc) is 2.20. The second kappa shape index (κ2) is 14.0. The fourth-order valence-electron chi connectivity index (χ4n) is 1.37. The molecule has 3 radical (unpaired) electrons. The lowest BCUT2D eigenvalue weighted by Crippen LogP contribution is -2.39. The normalized spacial score (nSPS) is 14.4. The number of thiocarbonyl (C=S) groups is 1. The summed E-state index contributed by atoms with van der Waals surface area (Å²) in [5, 5.41) is 0. The molecule has 0 atom stereocenters. The minimum atomic E-state index is 0. The summed E-state index contributed by atoms with van der Waals surface area (Å²) in [6, 6.07) is 0.604. The lowest BCUT2D eigenvalue weighted by molar-refractivity contribution is 0.320. The van der Waals surface area contributed by atoms with Gasteiger partial charge < -0.3 is 4.90 Å². The highest BCUT2D eigenvalue weighted by Gasteiger charge is 2.16.